The molecule has 0 radical (unpaired) electrons. The van der Waals surface area contributed by atoms with Crippen molar-refractivity contribution in [3.63, 3.8) is 0 Å². The summed E-state index contributed by atoms with van der Waals surface area (Å²) in [6.07, 6.45) is 2.98. The second kappa shape index (κ2) is 6.67. The zero-order valence-corrected chi connectivity index (χ0v) is 13.2. The molecule has 0 bridgehead atoms. The summed E-state index contributed by atoms with van der Waals surface area (Å²) < 4.78 is 0. The Hall–Kier alpha value is -1.59. The zero-order valence-electron chi connectivity index (χ0n) is 12.4. The van der Waals surface area contributed by atoms with Crippen LogP contribution in [0.3, 0.4) is 0 Å². The fourth-order valence-electron chi connectivity index (χ4n) is 3.22. The molecule has 0 unspecified atom stereocenters. The van der Waals surface area contributed by atoms with E-state index in [-0.39, 0.29) is 11.9 Å². The fourth-order valence-corrected chi connectivity index (χ4v) is 3.43. The Balaban J connectivity index is 1.62. The van der Waals surface area contributed by atoms with Gasteiger partial charge in [-0.3, -0.25) is 14.6 Å². The maximum atomic E-state index is 12.3. The molecule has 2 fully saturated rings. The maximum Gasteiger partial charge on any atom is 0.324 e. The molecular weight excluding hydrogens is 302 g/mol. The molecule has 118 valence electrons. The van der Waals surface area contributed by atoms with Crippen LogP contribution in [0, 0.1) is 0 Å². The molecule has 1 aromatic rings. The topological polar surface area (TPSA) is 52.7 Å². The van der Waals surface area contributed by atoms with Crippen LogP contribution < -0.4 is 5.32 Å². The number of hydrogen-bond acceptors (Lipinski definition) is 3. The van der Waals surface area contributed by atoms with Crippen LogP contribution in [-0.4, -0.2) is 54.0 Å². The van der Waals surface area contributed by atoms with Crippen LogP contribution in [0.15, 0.2) is 24.3 Å². The summed E-state index contributed by atoms with van der Waals surface area (Å²) in [6.45, 7) is 2.23. The number of likely N-dealkylation sites (tertiary alicyclic amines) is 1. The molecule has 5 nitrogen and oxygen atoms in total. The molecule has 0 spiro atoms. The van der Waals surface area contributed by atoms with E-state index in [4.69, 9.17) is 11.6 Å². The van der Waals surface area contributed by atoms with Gasteiger partial charge < -0.3 is 5.32 Å². The minimum absolute atomic E-state index is 0.110. The molecule has 0 aliphatic carbocycles. The highest BCUT2D eigenvalue weighted by Crippen LogP contribution is 2.24. The normalized spacial score (nSPS) is 22.1. The molecule has 2 heterocycles. The van der Waals surface area contributed by atoms with E-state index in [0.29, 0.717) is 25.7 Å². The van der Waals surface area contributed by atoms with Gasteiger partial charge in [-0.1, -0.05) is 29.8 Å². The van der Waals surface area contributed by atoms with Crippen LogP contribution >= 0.6 is 11.6 Å². The van der Waals surface area contributed by atoms with Gasteiger partial charge >= 0.3 is 6.03 Å². The molecule has 2 saturated heterocycles. The van der Waals surface area contributed by atoms with Gasteiger partial charge in [-0.25, -0.2) is 4.79 Å². The highest BCUT2D eigenvalue weighted by molar-refractivity contribution is 6.31. The van der Waals surface area contributed by atoms with E-state index >= 15 is 0 Å². The molecule has 1 N–H and O–H groups in total. The summed E-state index contributed by atoms with van der Waals surface area (Å²) >= 11 is 6.23. The van der Waals surface area contributed by atoms with Crippen molar-refractivity contribution < 1.29 is 9.59 Å². The number of urea groups is 1. The highest BCUT2D eigenvalue weighted by atomic mass is 35.5. The molecule has 1 atom stereocenters. The molecule has 1 aromatic carbocycles. The Morgan fingerprint density at radius 1 is 1.32 bits per heavy atom. The van der Waals surface area contributed by atoms with Crippen molar-refractivity contribution in [2.45, 2.75) is 25.3 Å². The average Bonchev–Trinajstić information content (AvgIpc) is 3.11. The lowest BCUT2D eigenvalue weighted by Crippen LogP contribution is -2.44. The quantitative estimate of drug-likeness (QED) is 0.921. The average molecular weight is 322 g/mol. The van der Waals surface area contributed by atoms with Gasteiger partial charge in [0.05, 0.1) is 6.54 Å². The van der Waals surface area contributed by atoms with Gasteiger partial charge in [0.25, 0.3) is 0 Å². The number of carbonyl (C=O) groups is 2. The number of hydrogen-bond donors (Lipinski definition) is 1. The van der Waals surface area contributed by atoms with Gasteiger partial charge in [0.15, 0.2) is 0 Å². The molecule has 22 heavy (non-hydrogen) atoms. The number of nitrogens with one attached hydrogen (secondary N) is 1. The van der Waals surface area contributed by atoms with E-state index in [1.165, 1.54) is 4.90 Å². The van der Waals surface area contributed by atoms with E-state index in [2.05, 4.69) is 10.2 Å². The van der Waals surface area contributed by atoms with E-state index in [9.17, 15) is 9.59 Å². The van der Waals surface area contributed by atoms with Crippen LogP contribution in [0.4, 0.5) is 4.79 Å². The minimum Gasteiger partial charge on any atom is -0.336 e. The number of imide groups is 1. The molecular formula is C16H20ClN3O2. The summed E-state index contributed by atoms with van der Waals surface area (Å²) in [6, 6.07) is 7.89. The van der Waals surface area contributed by atoms with Gasteiger partial charge in [-0.2, -0.15) is 0 Å². The first-order valence-electron chi connectivity index (χ1n) is 7.71. The fraction of sp³-hybridized carbons (Fsp3) is 0.500. The Morgan fingerprint density at radius 3 is 2.86 bits per heavy atom. The summed E-state index contributed by atoms with van der Waals surface area (Å²) in [5.41, 5.74) is 1.12. The van der Waals surface area contributed by atoms with E-state index < -0.39 is 0 Å². The van der Waals surface area contributed by atoms with Gasteiger partial charge in [-0.05, 0) is 37.4 Å². The van der Waals surface area contributed by atoms with Crippen molar-refractivity contribution in [3.05, 3.63) is 34.9 Å². The lowest BCUT2D eigenvalue weighted by Gasteiger charge is -2.25. The summed E-state index contributed by atoms with van der Waals surface area (Å²) in [5.74, 6) is -0.110. The predicted octanol–water partition coefficient (Wildman–Crippen LogP) is 1.90. The van der Waals surface area contributed by atoms with Crippen molar-refractivity contribution in [2.24, 2.45) is 0 Å². The first kappa shape index (κ1) is 15.3. The highest BCUT2D eigenvalue weighted by Gasteiger charge is 2.31. The Labute approximate surface area is 135 Å². The van der Waals surface area contributed by atoms with Crippen LogP contribution in [0.5, 0.6) is 0 Å². The van der Waals surface area contributed by atoms with Gasteiger partial charge in [-0.15, -0.1) is 0 Å². The van der Waals surface area contributed by atoms with Crippen LogP contribution in [0.25, 0.3) is 0 Å². The maximum absolute atomic E-state index is 12.3. The summed E-state index contributed by atoms with van der Waals surface area (Å²) in [5, 5.41) is 3.44. The van der Waals surface area contributed by atoms with Crippen LogP contribution in [0.1, 0.15) is 18.4 Å². The van der Waals surface area contributed by atoms with Gasteiger partial charge in [0.1, 0.15) is 0 Å². The Morgan fingerprint density at radius 2 is 2.14 bits per heavy atom. The first-order chi connectivity index (χ1) is 10.6. The molecule has 6 heteroatoms. The summed E-state index contributed by atoms with van der Waals surface area (Å²) in [4.78, 5) is 27.3. The number of nitrogens with zero attached hydrogens (tertiary/aromatic N) is 2. The predicted molar refractivity (Wildman–Crippen MR) is 84.9 cm³/mol. The zero-order chi connectivity index (χ0) is 15.5. The third-order valence-corrected chi connectivity index (χ3v) is 4.78. The second-order valence-electron chi connectivity index (χ2n) is 5.84. The van der Waals surface area contributed by atoms with Crippen molar-refractivity contribution in [1.82, 2.24) is 15.1 Å². The molecule has 2 aliphatic heterocycles. The van der Waals surface area contributed by atoms with E-state index in [1.807, 2.05) is 24.3 Å². The molecule has 2 aliphatic rings. The SMILES string of the molecule is O=C(CN1CCC[C@@H]1Cc1ccccc1Cl)N1CCNC1=O. The standard InChI is InChI=1S/C16H20ClN3O2/c17-14-6-2-1-4-12(14)10-13-5-3-8-19(13)11-15(21)20-9-7-18-16(20)22/h1-2,4,6,13H,3,5,7-11H2,(H,18,22)/t13-/m1/s1. The Bertz CT molecular complexity index is 578. The molecule has 3 amide bonds. The van der Waals surface area contributed by atoms with Crippen LogP contribution in [-0.2, 0) is 11.2 Å². The minimum atomic E-state index is -0.271. The van der Waals surface area contributed by atoms with Crippen LogP contribution in [0.2, 0.25) is 5.02 Å². The van der Waals surface area contributed by atoms with E-state index in [1.54, 1.807) is 0 Å². The van der Waals surface area contributed by atoms with Crippen molar-refractivity contribution in [1.29, 1.82) is 0 Å². The second-order valence-corrected chi connectivity index (χ2v) is 6.25. The lowest BCUT2D eigenvalue weighted by atomic mass is 10.0. The third-order valence-electron chi connectivity index (χ3n) is 4.41. The third kappa shape index (κ3) is 3.25. The van der Waals surface area contributed by atoms with E-state index in [0.717, 1.165) is 36.4 Å². The molecule has 3 rings (SSSR count). The van der Waals surface area contributed by atoms with Crippen molar-refractivity contribution in [2.75, 3.05) is 26.2 Å². The number of halogens is 1. The Kier molecular flexibility index (Phi) is 4.64. The lowest BCUT2D eigenvalue weighted by molar-refractivity contribution is -0.129. The number of amides is 3. The number of rotatable bonds is 4. The van der Waals surface area contributed by atoms with Gasteiger partial charge in [0.2, 0.25) is 5.91 Å². The molecule has 0 aromatic heterocycles. The summed E-state index contributed by atoms with van der Waals surface area (Å²) in [7, 11) is 0. The van der Waals surface area contributed by atoms with Crippen molar-refractivity contribution in [3.8, 4) is 0 Å². The largest absolute Gasteiger partial charge is 0.336 e. The molecule has 0 saturated carbocycles. The smallest absolute Gasteiger partial charge is 0.324 e. The monoisotopic (exact) mass is 321 g/mol. The van der Waals surface area contributed by atoms with Crippen molar-refractivity contribution >= 4 is 23.5 Å². The number of benzene rings is 1. The number of carbonyl (C=O) groups excluding carboxylic acids is 2. The van der Waals surface area contributed by atoms with Gasteiger partial charge in [0, 0.05) is 24.2 Å². The first-order valence-corrected chi connectivity index (χ1v) is 8.08.